The van der Waals surface area contributed by atoms with E-state index in [4.69, 9.17) is 0 Å². The maximum Gasteiger partial charge on any atom is 0.0901 e. The summed E-state index contributed by atoms with van der Waals surface area (Å²) in [7, 11) is 0. The number of aromatic amines is 1. The first kappa shape index (κ1) is 10.5. The number of benzene rings is 1. The van der Waals surface area contributed by atoms with Crippen molar-refractivity contribution in [3.63, 3.8) is 0 Å². The number of rotatable bonds is 2. The number of nitrogens with zero attached hydrogens (tertiary/aromatic N) is 1. The highest BCUT2D eigenvalue weighted by Gasteiger charge is 2.10. The maximum absolute atomic E-state index is 4.56. The molecule has 0 aliphatic carbocycles. The van der Waals surface area contributed by atoms with Crippen molar-refractivity contribution in [3.8, 4) is 11.3 Å². The predicted octanol–water partition coefficient (Wildman–Crippen LogP) is 4.16. The van der Waals surface area contributed by atoms with Crippen LogP contribution in [-0.2, 0) is 6.42 Å². The fraction of sp³-hybridized carbons (Fsp3) is 0.214. The summed E-state index contributed by atoms with van der Waals surface area (Å²) in [6, 6.07) is 6.46. The van der Waals surface area contributed by atoms with E-state index < -0.39 is 0 Å². The zero-order chi connectivity index (χ0) is 11.8. The number of aryl methyl sites for hydroxylation is 2. The van der Waals surface area contributed by atoms with Gasteiger partial charge in [0.1, 0.15) is 0 Å². The monoisotopic (exact) mass is 242 g/mol. The second-order valence-corrected chi connectivity index (χ2v) is 5.21. The quantitative estimate of drug-likeness (QED) is 0.718. The summed E-state index contributed by atoms with van der Waals surface area (Å²) in [4.78, 5) is 7.94. The Labute approximate surface area is 104 Å². The lowest BCUT2D eigenvalue weighted by atomic mass is 10.1. The van der Waals surface area contributed by atoms with Crippen LogP contribution in [0.1, 0.15) is 17.5 Å². The second kappa shape index (κ2) is 4.00. The van der Waals surface area contributed by atoms with Crippen molar-refractivity contribution < 1.29 is 0 Å². The van der Waals surface area contributed by atoms with Gasteiger partial charge in [-0.05, 0) is 18.9 Å². The molecule has 2 nitrogen and oxygen atoms in total. The van der Waals surface area contributed by atoms with Gasteiger partial charge in [0.15, 0.2) is 0 Å². The van der Waals surface area contributed by atoms with Crippen LogP contribution in [-0.4, -0.2) is 9.97 Å². The molecule has 0 unspecified atom stereocenters. The van der Waals surface area contributed by atoms with E-state index in [1.165, 1.54) is 22.0 Å². The maximum atomic E-state index is 4.56. The Balaban J connectivity index is 2.25. The standard InChI is InChI=1S/C14H14N2S/c1-3-10-5-4-6-11-12(7-15-14(10)11)13-8-17-9(2)16-13/h4-8,15H,3H2,1-2H3. The third-order valence-electron chi connectivity index (χ3n) is 3.08. The number of para-hydroxylation sites is 1. The van der Waals surface area contributed by atoms with E-state index in [1.807, 2.05) is 6.92 Å². The van der Waals surface area contributed by atoms with E-state index in [2.05, 4.69) is 46.7 Å². The summed E-state index contributed by atoms with van der Waals surface area (Å²) in [6.45, 7) is 4.22. The average molecular weight is 242 g/mol. The van der Waals surface area contributed by atoms with Gasteiger partial charge in [-0.15, -0.1) is 11.3 Å². The first-order valence-corrected chi connectivity index (χ1v) is 6.69. The van der Waals surface area contributed by atoms with Gasteiger partial charge < -0.3 is 4.98 Å². The van der Waals surface area contributed by atoms with Gasteiger partial charge >= 0.3 is 0 Å². The number of thiazole rings is 1. The first-order valence-electron chi connectivity index (χ1n) is 5.81. The Morgan fingerprint density at radius 3 is 2.94 bits per heavy atom. The van der Waals surface area contributed by atoms with Crippen LogP contribution >= 0.6 is 11.3 Å². The molecule has 3 aromatic rings. The van der Waals surface area contributed by atoms with Crippen LogP contribution in [0.2, 0.25) is 0 Å². The number of hydrogen-bond donors (Lipinski definition) is 1. The van der Waals surface area contributed by atoms with Crippen LogP contribution in [0.15, 0.2) is 29.8 Å². The first-order chi connectivity index (χ1) is 8.29. The lowest BCUT2D eigenvalue weighted by Crippen LogP contribution is -1.82. The highest BCUT2D eigenvalue weighted by molar-refractivity contribution is 7.09. The third kappa shape index (κ3) is 1.67. The lowest BCUT2D eigenvalue weighted by molar-refractivity contribution is 1.15. The van der Waals surface area contributed by atoms with Gasteiger partial charge in [0.25, 0.3) is 0 Å². The number of hydrogen-bond acceptors (Lipinski definition) is 2. The van der Waals surface area contributed by atoms with Crippen LogP contribution in [0.5, 0.6) is 0 Å². The molecule has 0 saturated heterocycles. The molecule has 0 fully saturated rings. The van der Waals surface area contributed by atoms with Crippen LogP contribution in [0.25, 0.3) is 22.2 Å². The zero-order valence-corrected chi connectivity index (χ0v) is 10.8. The molecule has 17 heavy (non-hydrogen) atoms. The Morgan fingerprint density at radius 2 is 2.24 bits per heavy atom. The normalized spacial score (nSPS) is 11.2. The van der Waals surface area contributed by atoms with Crippen molar-refractivity contribution in [1.29, 1.82) is 0 Å². The molecule has 86 valence electrons. The third-order valence-corrected chi connectivity index (χ3v) is 3.85. The summed E-state index contributed by atoms with van der Waals surface area (Å²) >= 11 is 1.70. The van der Waals surface area contributed by atoms with E-state index in [0.717, 1.165) is 17.1 Å². The minimum atomic E-state index is 1.05. The van der Waals surface area contributed by atoms with E-state index >= 15 is 0 Å². The number of nitrogens with one attached hydrogen (secondary N) is 1. The molecule has 0 bridgehead atoms. The lowest BCUT2D eigenvalue weighted by Gasteiger charge is -1.99. The van der Waals surface area contributed by atoms with Crippen molar-refractivity contribution >= 4 is 22.2 Å². The predicted molar refractivity (Wildman–Crippen MR) is 73.5 cm³/mol. The SMILES string of the molecule is CCc1cccc2c(-c3csc(C)n3)c[nH]c12. The van der Waals surface area contributed by atoms with Crippen molar-refractivity contribution in [2.24, 2.45) is 0 Å². The molecule has 1 aromatic carbocycles. The fourth-order valence-corrected chi connectivity index (χ4v) is 2.82. The number of fused-ring (bicyclic) bond motifs is 1. The van der Waals surface area contributed by atoms with Crippen molar-refractivity contribution in [2.45, 2.75) is 20.3 Å². The Morgan fingerprint density at radius 1 is 1.35 bits per heavy atom. The highest BCUT2D eigenvalue weighted by atomic mass is 32.1. The summed E-state index contributed by atoms with van der Waals surface area (Å²) in [5, 5.41) is 4.51. The molecule has 2 aromatic heterocycles. The summed E-state index contributed by atoms with van der Waals surface area (Å²) in [5.41, 5.74) is 4.89. The summed E-state index contributed by atoms with van der Waals surface area (Å²) < 4.78 is 0. The number of H-pyrrole nitrogens is 1. The topological polar surface area (TPSA) is 28.7 Å². The van der Waals surface area contributed by atoms with Gasteiger partial charge in [-0.3, -0.25) is 0 Å². The molecule has 1 N–H and O–H groups in total. The van der Waals surface area contributed by atoms with E-state index in [0.29, 0.717) is 0 Å². The molecule has 3 rings (SSSR count). The number of aromatic nitrogens is 2. The Kier molecular flexibility index (Phi) is 2.48. The fourth-order valence-electron chi connectivity index (χ4n) is 2.21. The summed E-state index contributed by atoms with van der Waals surface area (Å²) in [6.07, 6.45) is 3.12. The van der Waals surface area contributed by atoms with Crippen LogP contribution in [0, 0.1) is 6.92 Å². The minimum Gasteiger partial charge on any atom is -0.360 e. The van der Waals surface area contributed by atoms with E-state index in [-0.39, 0.29) is 0 Å². The Bertz CT molecular complexity index is 664. The van der Waals surface area contributed by atoms with E-state index in [9.17, 15) is 0 Å². The zero-order valence-electron chi connectivity index (χ0n) is 9.95. The van der Waals surface area contributed by atoms with Gasteiger partial charge in [0.05, 0.1) is 10.7 Å². The van der Waals surface area contributed by atoms with Gasteiger partial charge in [-0.25, -0.2) is 4.98 Å². The summed E-state index contributed by atoms with van der Waals surface area (Å²) in [5.74, 6) is 0. The molecule has 0 spiro atoms. The Hall–Kier alpha value is -1.61. The van der Waals surface area contributed by atoms with E-state index in [1.54, 1.807) is 11.3 Å². The molecule has 0 atom stereocenters. The van der Waals surface area contributed by atoms with Crippen molar-refractivity contribution in [1.82, 2.24) is 9.97 Å². The molecule has 0 aliphatic heterocycles. The molecule has 0 amide bonds. The molecule has 0 radical (unpaired) electrons. The van der Waals surface area contributed by atoms with Gasteiger partial charge in [-0.1, -0.05) is 25.1 Å². The van der Waals surface area contributed by atoms with Crippen molar-refractivity contribution in [3.05, 3.63) is 40.3 Å². The van der Waals surface area contributed by atoms with Gasteiger partial charge in [0.2, 0.25) is 0 Å². The van der Waals surface area contributed by atoms with Gasteiger partial charge in [-0.2, -0.15) is 0 Å². The van der Waals surface area contributed by atoms with Crippen molar-refractivity contribution in [2.75, 3.05) is 0 Å². The molecule has 0 aliphatic rings. The van der Waals surface area contributed by atoms with Crippen LogP contribution in [0.3, 0.4) is 0 Å². The smallest absolute Gasteiger partial charge is 0.0901 e. The van der Waals surface area contributed by atoms with Crippen LogP contribution < -0.4 is 0 Å². The largest absolute Gasteiger partial charge is 0.360 e. The average Bonchev–Trinajstić information content (AvgIpc) is 2.94. The highest BCUT2D eigenvalue weighted by Crippen LogP contribution is 2.30. The molecular weight excluding hydrogens is 228 g/mol. The molecule has 0 saturated carbocycles. The molecular formula is C14H14N2S. The molecule has 2 heterocycles. The van der Waals surface area contributed by atoms with Crippen LogP contribution in [0.4, 0.5) is 0 Å². The molecule has 3 heteroatoms. The second-order valence-electron chi connectivity index (χ2n) is 4.15. The van der Waals surface area contributed by atoms with Gasteiger partial charge in [0, 0.05) is 28.0 Å². The minimum absolute atomic E-state index is 1.05.